The lowest BCUT2D eigenvalue weighted by Gasteiger charge is -2.32. The van der Waals surface area contributed by atoms with Crippen molar-refractivity contribution >= 4 is 74.8 Å². The molecule has 1 fully saturated rings. The number of phenolic OH excluding ortho intramolecular Hbond substituents is 1. The zero-order chi connectivity index (χ0) is 47.2. The van der Waals surface area contributed by atoms with Crippen molar-refractivity contribution in [1.82, 2.24) is 41.8 Å². The predicted molar refractivity (Wildman–Crippen MR) is 222 cm³/mol. The number of aromatic nitrogens is 1. The summed E-state index contributed by atoms with van der Waals surface area (Å²) in [5.41, 5.74) is 0.310. The van der Waals surface area contributed by atoms with Crippen LogP contribution in [-0.4, -0.2) is 167 Å². The fourth-order valence-electron chi connectivity index (χ4n) is 7.96. The molecule has 1 aromatic carbocycles. The Morgan fingerprint density at radius 3 is 2.22 bits per heavy atom. The number of aliphatic carboxylic acids is 1. The number of hydrogen-bond acceptors (Lipinski definition) is 14. The lowest BCUT2D eigenvalue weighted by atomic mass is 9.85. The zero-order valence-corrected chi connectivity index (χ0v) is 36.1. The number of amides is 7. The first-order valence-electron chi connectivity index (χ1n) is 20.7. The molecule has 4 heterocycles. The number of Topliss-reactive ketones (excluding diaryl/α,β-unsaturated/α-hetero) is 1. The van der Waals surface area contributed by atoms with Gasteiger partial charge in [0.2, 0.25) is 41.4 Å². The molecule has 12 N–H and O–H groups in total. The third-order valence-corrected chi connectivity index (χ3v) is 13.2. The predicted octanol–water partition coefficient (Wildman–Crippen LogP) is -4.23. The Morgan fingerprint density at radius 1 is 0.891 bits per heavy atom. The Balaban J connectivity index is 1.73. The van der Waals surface area contributed by atoms with E-state index in [0.29, 0.717) is 6.42 Å². The van der Waals surface area contributed by atoms with Gasteiger partial charge >= 0.3 is 5.97 Å². The molecule has 2 bridgehead atoms. The van der Waals surface area contributed by atoms with Crippen LogP contribution in [0, 0.1) is 17.8 Å². The number of aromatic hydroxyl groups is 1. The zero-order valence-electron chi connectivity index (χ0n) is 35.3. The standard InChI is InChI=1S/C40H54N8O15S/c1-4-17(2)33-38(61)42-12-30(54)43-26-16-64(63)39-23(22-6-5-20(50)9-24(22)45-39)7-19(35(58)41-13-31(55)46-33)8-28(52)34(18(3)29(53)15-49)47-37(60)27-10-21(51)14-48(27)40(62)25(11-32(56)57)44-36(26)59/h5-6,9,17-19,21,25-27,29,33-34,45,49-51,53H,4,7-8,10-16H2,1-3H3,(H,41,58)(H,42,61)(H,43,54)(H,44,59)(H,46,55)(H,47,60)(H,56,57)/t17-,18-,19+,21+,25-,26-,27-,29-,33-,34-,64?/m0/s1. The van der Waals surface area contributed by atoms with Crippen molar-refractivity contribution in [1.29, 1.82) is 0 Å². The number of hydrogen-bond donors (Lipinski definition) is 12. The summed E-state index contributed by atoms with van der Waals surface area (Å²) in [4.78, 5) is 127. The molecule has 0 saturated carbocycles. The Morgan fingerprint density at radius 2 is 1.56 bits per heavy atom. The number of benzene rings is 1. The summed E-state index contributed by atoms with van der Waals surface area (Å²) in [7, 11) is -2.38. The minimum Gasteiger partial charge on any atom is -0.508 e. The van der Waals surface area contributed by atoms with Crippen LogP contribution in [0.2, 0.25) is 0 Å². The smallest absolute Gasteiger partial charge is 0.305 e. The minimum atomic E-state index is -2.38. The lowest BCUT2D eigenvalue weighted by Crippen LogP contribution is -2.60. The number of carbonyl (C=O) groups is 9. The number of H-pyrrole nitrogens is 1. The van der Waals surface area contributed by atoms with Crippen LogP contribution >= 0.6 is 0 Å². The molecule has 350 valence electrons. The van der Waals surface area contributed by atoms with Gasteiger partial charge in [-0.3, -0.25) is 47.4 Å². The van der Waals surface area contributed by atoms with Crippen LogP contribution in [0.15, 0.2) is 23.2 Å². The number of ketones is 1. The van der Waals surface area contributed by atoms with Crippen LogP contribution in [0.1, 0.15) is 52.0 Å². The molecule has 11 atom stereocenters. The molecule has 1 unspecified atom stereocenters. The van der Waals surface area contributed by atoms with E-state index in [2.05, 4.69) is 36.9 Å². The summed E-state index contributed by atoms with van der Waals surface area (Å²) in [6.45, 7) is 1.79. The van der Waals surface area contributed by atoms with E-state index in [1.54, 1.807) is 13.8 Å². The van der Waals surface area contributed by atoms with Crippen molar-refractivity contribution in [2.75, 3.05) is 32.0 Å². The van der Waals surface area contributed by atoms with Crippen LogP contribution in [0.25, 0.3) is 10.9 Å². The van der Waals surface area contributed by atoms with Gasteiger partial charge in [-0.15, -0.1) is 0 Å². The van der Waals surface area contributed by atoms with E-state index < -0.39 is 182 Å². The number of aliphatic hydroxyl groups excluding tert-OH is 3. The van der Waals surface area contributed by atoms with Crippen LogP contribution in [0.4, 0.5) is 0 Å². The highest BCUT2D eigenvalue weighted by Gasteiger charge is 2.45. The topological polar surface area (TPSA) is 363 Å². The Bertz CT molecular complexity index is 2200. The first-order valence-corrected chi connectivity index (χ1v) is 22.0. The second-order valence-corrected chi connectivity index (χ2v) is 17.8. The number of carboxylic acid groups (broad SMARTS) is 1. The molecule has 24 heteroatoms. The lowest BCUT2D eigenvalue weighted by molar-refractivity contribution is -0.146. The number of fused-ring (bicyclic) bond motifs is 5. The van der Waals surface area contributed by atoms with Crippen molar-refractivity contribution in [3.8, 4) is 5.75 Å². The molecule has 0 aliphatic carbocycles. The fraction of sp³-hybridized carbons (Fsp3) is 0.575. The maximum Gasteiger partial charge on any atom is 0.305 e. The molecule has 23 nitrogen and oxygen atoms in total. The molecular weight excluding hydrogens is 865 g/mol. The third-order valence-electron chi connectivity index (χ3n) is 11.8. The van der Waals surface area contributed by atoms with E-state index in [9.17, 15) is 72.9 Å². The van der Waals surface area contributed by atoms with E-state index in [1.807, 2.05) is 0 Å². The number of carboxylic acids is 1. The summed E-state index contributed by atoms with van der Waals surface area (Å²) in [5, 5.41) is 66.2. The van der Waals surface area contributed by atoms with Gasteiger partial charge in [-0.25, -0.2) is 0 Å². The van der Waals surface area contributed by atoms with E-state index in [-0.39, 0.29) is 27.2 Å². The second kappa shape index (κ2) is 21.1. The van der Waals surface area contributed by atoms with E-state index in [4.69, 9.17) is 0 Å². The quantitative estimate of drug-likeness (QED) is 0.125. The van der Waals surface area contributed by atoms with Crippen LogP contribution in [0.5, 0.6) is 5.75 Å². The highest BCUT2D eigenvalue weighted by atomic mass is 32.2. The van der Waals surface area contributed by atoms with Gasteiger partial charge in [0.25, 0.3) is 0 Å². The van der Waals surface area contributed by atoms with E-state index in [1.165, 1.54) is 25.1 Å². The Hall–Kier alpha value is -5.98. The minimum absolute atomic E-state index is 0.126. The summed E-state index contributed by atoms with van der Waals surface area (Å²) in [6, 6.07) is -4.31. The number of nitrogens with zero attached hydrogens (tertiary/aromatic N) is 1. The van der Waals surface area contributed by atoms with Gasteiger partial charge in [-0.1, -0.05) is 27.2 Å². The molecule has 0 radical (unpaired) electrons. The molecule has 64 heavy (non-hydrogen) atoms. The monoisotopic (exact) mass is 918 g/mol. The number of rotatable bonds is 7. The molecule has 5 rings (SSSR count). The van der Waals surface area contributed by atoms with Gasteiger partial charge in [-0.2, -0.15) is 0 Å². The molecule has 2 aromatic rings. The molecular formula is C40H54N8O15S. The Kier molecular flexibility index (Phi) is 16.2. The van der Waals surface area contributed by atoms with Gasteiger partial charge in [-0.05, 0) is 30.0 Å². The SMILES string of the molecule is CC[C@H](C)[C@@H]1NC(=O)CNC(=O)[C@H]2CC(=O)[C@H]([C@@H](C)[C@@H](O)CO)NC(=O)[C@@H]3C[C@@H](O)CN3C(=O)[C@H](CC(=O)O)NC(=O)[C@H](CS(=O)c3[nH]c4cc(O)ccc4c3C2)NC(=O)CNC1=O. The number of aromatic amines is 1. The largest absolute Gasteiger partial charge is 0.508 e. The van der Waals surface area contributed by atoms with Gasteiger partial charge in [0.05, 0.1) is 66.4 Å². The number of carbonyl (C=O) groups excluding carboxylic acids is 8. The average Bonchev–Trinajstić information content (AvgIpc) is 3.82. The second-order valence-electron chi connectivity index (χ2n) is 16.4. The molecule has 3 aliphatic rings. The summed E-state index contributed by atoms with van der Waals surface area (Å²) in [6.07, 6.45) is -5.28. The normalized spacial score (nSPS) is 28.6. The summed E-state index contributed by atoms with van der Waals surface area (Å²) < 4.78 is 14.6. The van der Waals surface area contributed by atoms with Gasteiger partial charge in [0.1, 0.15) is 34.9 Å². The van der Waals surface area contributed by atoms with Gasteiger partial charge in [0.15, 0.2) is 5.78 Å². The first kappa shape index (κ1) is 49.0. The van der Waals surface area contributed by atoms with E-state index in [0.717, 1.165) is 4.90 Å². The van der Waals surface area contributed by atoms with Crippen molar-refractivity contribution < 1.29 is 72.9 Å². The van der Waals surface area contributed by atoms with Gasteiger partial charge < -0.3 is 67.3 Å². The van der Waals surface area contributed by atoms with Crippen molar-refractivity contribution in [3.05, 3.63) is 23.8 Å². The highest BCUT2D eigenvalue weighted by Crippen LogP contribution is 2.32. The van der Waals surface area contributed by atoms with E-state index >= 15 is 0 Å². The summed E-state index contributed by atoms with van der Waals surface area (Å²) in [5.74, 6) is -13.7. The summed E-state index contributed by atoms with van der Waals surface area (Å²) >= 11 is 0. The number of nitrogens with one attached hydrogen (secondary N) is 7. The third kappa shape index (κ3) is 11.6. The molecule has 0 spiro atoms. The van der Waals surface area contributed by atoms with Crippen molar-refractivity contribution in [3.63, 3.8) is 0 Å². The Labute approximate surface area is 368 Å². The molecule has 1 aromatic heterocycles. The maximum atomic E-state index is 14.6. The van der Waals surface area contributed by atoms with Crippen LogP contribution in [0.3, 0.4) is 0 Å². The molecule has 7 amide bonds. The molecule has 1 saturated heterocycles. The van der Waals surface area contributed by atoms with Crippen molar-refractivity contribution in [2.24, 2.45) is 17.8 Å². The highest BCUT2D eigenvalue weighted by molar-refractivity contribution is 7.85. The fourth-order valence-corrected chi connectivity index (χ4v) is 9.36. The van der Waals surface area contributed by atoms with Crippen LogP contribution in [-0.2, 0) is 60.4 Å². The maximum absolute atomic E-state index is 14.6. The van der Waals surface area contributed by atoms with Gasteiger partial charge in [0, 0.05) is 42.7 Å². The first-order chi connectivity index (χ1) is 30.2. The van der Waals surface area contributed by atoms with Crippen LogP contribution < -0.4 is 31.9 Å². The number of phenols is 1. The number of aliphatic hydroxyl groups is 3. The van der Waals surface area contributed by atoms with Crippen molar-refractivity contribution in [2.45, 2.75) is 100 Å². The molecule has 3 aliphatic heterocycles. The average molecular weight is 919 g/mol.